The summed E-state index contributed by atoms with van der Waals surface area (Å²) in [6.45, 7) is 8.98. The predicted octanol–water partition coefficient (Wildman–Crippen LogP) is 2.61. The Balaban J connectivity index is 0.00000162. The molecule has 2 rings (SSSR count). The number of hydrogen-bond acceptors (Lipinski definition) is 4. The molecule has 1 aliphatic heterocycles. The Morgan fingerprint density at radius 1 is 1.33 bits per heavy atom. The van der Waals surface area contributed by atoms with Crippen molar-refractivity contribution in [2.45, 2.75) is 33.2 Å². The fourth-order valence-corrected chi connectivity index (χ4v) is 3.54. The molecule has 1 aromatic rings. The second-order valence-corrected chi connectivity index (χ2v) is 6.31. The lowest BCUT2D eigenvalue weighted by Gasteiger charge is -2.31. The third-order valence-corrected chi connectivity index (χ3v) is 4.62. The fraction of sp³-hybridized carbons (Fsp3) is 0.769. The predicted molar refractivity (Wildman–Crippen MR) is 80.8 cm³/mol. The Morgan fingerprint density at radius 3 is 2.50 bits per heavy atom. The molecule has 5 heteroatoms. The molecule has 18 heavy (non-hydrogen) atoms. The van der Waals surface area contributed by atoms with Gasteiger partial charge in [0.1, 0.15) is 0 Å². The van der Waals surface area contributed by atoms with Gasteiger partial charge in [-0.3, -0.25) is 4.90 Å². The number of rotatable bonds is 4. The van der Waals surface area contributed by atoms with Crippen molar-refractivity contribution in [3.05, 3.63) is 15.6 Å². The zero-order valence-electron chi connectivity index (χ0n) is 11.5. The average Bonchev–Trinajstić information content (AvgIpc) is 2.61. The molecule has 0 amide bonds. The highest BCUT2D eigenvalue weighted by molar-refractivity contribution is 7.11. The van der Waals surface area contributed by atoms with Crippen LogP contribution in [0.25, 0.3) is 0 Å². The third kappa shape index (κ3) is 4.19. The summed E-state index contributed by atoms with van der Waals surface area (Å²) in [6, 6.07) is 0. The maximum Gasteiger partial charge on any atom is 0.0900 e. The van der Waals surface area contributed by atoms with Crippen molar-refractivity contribution in [1.82, 2.24) is 15.2 Å². The van der Waals surface area contributed by atoms with Gasteiger partial charge in [-0.15, -0.1) is 23.7 Å². The summed E-state index contributed by atoms with van der Waals surface area (Å²) in [7, 11) is 2.05. The van der Waals surface area contributed by atoms with Crippen LogP contribution in [0, 0.1) is 19.8 Å². The number of nitrogens with one attached hydrogen (secondary N) is 1. The van der Waals surface area contributed by atoms with Crippen LogP contribution in [-0.2, 0) is 6.54 Å². The van der Waals surface area contributed by atoms with Crippen molar-refractivity contribution < 1.29 is 0 Å². The van der Waals surface area contributed by atoms with Crippen LogP contribution in [-0.4, -0.2) is 36.6 Å². The first kappa shape index (κ1) is 15.9. The van der Waals surface area contributed by atoms with Crippen molar-refractivity contribution in [3.8, 4) is 0 Å². The SMILES string of the molecule is CNCC1CCN(Cc2sc(C)nc2C)CC1.Cl. The van der Waals surface area contributed by atoms with Crippen molar-refractivity contribution in [2.75, 3.05) is 26.7 Å². The summed E-state index contributed by atoms with van der Waals surface area (Å²) in [5, 5.41) is 4.48. The number of aromatic nitrogens is 1. The molecule has 0 unspecified atom stereocenters. The van der Waals surface area contributed by atoms with Gasteiger partial charge < -0.3 is 5.32 Å². The lowest BCUT2D eigenvalue weighted by Crippen LogP contribution is -2.36. The molecule has 1 aliphatic rings. The summed E-state index contributed by atoms with van der Waals surface area (Å²) in [5.41, 5.74) is 1.23. The van der Waals surface area contributed by atoms with Crippen LogP contribution in [0.4, 0.5) is 0 Å². The van der Waals surface area contributed by atoms with Gasteiger partial charge in [0.25, 0.3) is 0 Å². The molecule has 0 atom stereocenters. The third-order valence-electron chi connectivity index (χ3n) is 3.57. The zero-order chi connectivity index (χ0) is 12.3. The van der Waals surface area contributed by atoms with Gasteiger partial charge in [0, 0.05) is 11.4 Å². The van der Waals surface area contributed by atoms with Crippen LogP contribution in [0.2, 0.25) is 0 Å². The Morgan fingerprint density at radius 2 is 2.00 bits per heavy atom. The number of likely N-dealkylation sites (tertiary alicyclic amines) is 1. The minimum atomic E-state index is 0. The molecule has 1 N–H and O–H groups in total. The van der Waals surface area contributed by atoms with Crippen LogP contribution >= 0.6 is 23.7 Å². The molecule has 0 aromatic carbocycles. The molecule has 0 spiro atoms. The standard InChI is InChI=1S/C13H23N3S.ClH/c1-10-13(17-11(2)15-10)9-16-6-4-12(5-7-16)8-14-3;/h12,14H,4-9H2,1-3H3;1H. The minimum absolute atomic E-state index is 0. The second-order valence-electron chi connectivity index (χ2n) is 5.02. The van der Waals surface area contributed by atoms with E-state index in [2.05, 4.69) is 36.1 Å². The molecule has 1 saturated heterocycles. The van der Waals surface area contributed by atoms with E-state index in [0.29, 0.717) is 0 Å². The van der Waals surface area contributed by atoms with Gasteiger partial charge in [-0.25, -0.2) is 4.98 Å². The maximum absolute atomic E-state index is 4.50. The first-order chi connectivity index (χ1) is 8.19. The molecule has 0 bridgehead atoms. The molecule has 0 saturated carbocycles. The Hall–Kier alpha value is -0.160. The fourth-order valence-electron chi connectivity index (χ4n) is 2.56. The highest BCUT2D eigenvalue weighted by Gasteiger charge is 2.19. The molecule has 104 valence electrons. The number of hydrogen-bond donors (Lipinski definition) is 1. The number of halogens is 1. The van der Waals surface area contributed by atoms with Crippen LogP contribution in [0.5, 0.6) is 0 Å². The van der Waals surface area contributed by atoms with E-state index in [0.717, 1.165) is 12.5 Å². The molecule has 2 heterocycles. The second kappa shape index (κ2) is 7.43. The van der Waals surface area contributed by atoms with Gasteiger partial charge >= 0.3 is 0 Å². The molecule has 1 fully saturated rings. The summed E-state index contributed by atoms with van der Waals surface area (Å²) >= 11 is 1.85. The molecule has 1 aromatic heterocycles. The lowest BCUT2D eigenvalue weighted by atomic mass is 9.97. The summed E-state index contributed by atoms with van der Waals surface area (Å²) in [4.78, 5) is 8.53. The molecular formula is C13H24ClN3S. The lowest BCUT2D eigenvalue weighted by molar-refractivity contribution is 0.178. The van der Waals surface area contributed by atoms with Gasteiger partial charge in [-0.2, -0.15) is 0 Å². The van der Waals surface area contributed by atoms with Crippen molar-refractivity contribution in [1.29, 1.82) is 0 Å². The van der Waals surface area contributed by atoms with Crippen LogP contribution in [0.15, 0.2) is 0 Å². The molecule has 0 aliphatic carbocycles. The van der Waals surface area contributed by atoms with Gasteiger partial charge in [0.05, 0.1) is 10.7 Å². The van der Waals surface area contributed by atoms with Crippen molar-refractivity contribution in [3.63, 3.8) is 0 Å². The van der Waals surface area contributed by atoms with E-state index in [1.807, 2.05) is 11.3 Å². The van der Waals surface area contributed by atoms with Gasteiger partial charge in [-0.1, -0.05) is 0 Å². The maximum atomic E-state index is 4.50. The van der Waals surface area contributed by atoms with E-state index >= 15 is 0 Å². The first-order valence-electron chi connectivity index (χ1n) is 6.49. The average molecular weight is 290 g/mol. The van der Waals surface area contributed by atoms with E-state index < -0.39 is 0 Å². The van der Waals surface area contributed by atoms with E-state index in [1.165, 1.54) is 48.1 Å². The van der Waals surface area contributed by atoms with E-state index in [-0.39, 0.29) is 12.4 Å². The number of nitrogens with zero attached hydrogens (tertiary/aromatic N) is 2. The van der Waals surface area contributed by atoms with E-state index in [4.69, 9.17) is 0 Å². The molecular weight excluding hydrogens is 266 g/mol. The summed E-state index contributed by atoms with van der Waals surface area (Å²) < 4.78 is 0. The molecule has 3 nitrogen and oxygen atoms in total. The highest BCUT2D eigenvalue weighted by Crippen LogP contribution is 2.23. The van der Waals surface area contributed by atoms with Crippen molar-refractivity contribution in [2.24, 2.45) is 5.92 Å². The van der Waals surface area contributed by atoms with Gasteiger partial charge in [-0.05, 0) is 59.3 Å². The largest absolute Gasteiger partial charge is 0.319 e. The number of piperidine rings is 1. The normalized spacial score (nSPS) is 17.7. The minimum Gasteiger partial charge on any atom is -0.319 e. The highest BCUT2D eigenvalue weighted by atomic mass is 35.5. The number of thiazole rings is 1. The Labute approximate surface area is 120 Å². The Kier molecular flexibility index (Phi) is 6.57. The number of aryl methyl sites for hydroxylation is 2. The summed E-state index contributed by atoms with van der Waals surface area (Å²) in [5.74, 6) is 0.876. The van der Waals surface area contributed by atoms with Crippen LogP contribution < -0.4 is 5.32 Å². The van der Waals surface area contributed by atoms with Crippen LogP contribution in [0.1, 0.15) is 28.4 Å². The molecule has 0 radical (unpaired) electrons. The quantitative estimate of drug-likeness (QED) is 0.923. The Bertz CT molecular complexity index is 359. The monoisotopic (exact) mass is 289 g/mol. The van der Waals surface area contributed by atoms with Crippen LogP contribution in [0.3, 0.4) is 0 Å². The van der Waals surface area contributed by atoms with Gasteiger partial charge in [0.15, 0.2) is 0 Å². The first-order valence-corrected chi connectivity index (χ1v) is 7.30. The zero-order valence-corrected chi connectivity index (χ0v) is 13.2. The smallest absolute Gasteiger partial charge is 0.0900 e. The van der Waals surface area contributed by atoms with Gasteiger partial charge in [0.2, 0.25) is 0 Å². The van der Waals surface area contributed by atoms with E-state index in [1.54, 1.807) is 0 Å². The van der Waals surface area contributed by atoms with Crippen molar-refractivity contribution >= 4 is 23.7 Å². The van der Waals surface area contributed by atoms with E-state index in [9.17, 15) is 0 Å². The summed E-state index contributed by atoms with van der Waals surface area (Å²) in [6.07, 6.45) is 2.66. The topological polar surface area (TPSA) is 28.2 Å².